The molecule has 40 heavy (non-hydrogen) atoms. The molecule has 0 saturated carbocycles. The fourth-order valence-electron chi connectivity index (χ4n) is 4.97. The van der Waals surface area contributed by atoms with E-state index < -0.39 is 0 Å². The fraction of sp³-hybridized carbons (Fsp3) is 0. The second-order valence-electron chi connectivity index (χ2n) is 9.59. The summed E-state index contributed by atoms with van der Waals surface area (Å²) in [5.74, 6) is 1.53. The lowest BCUT2D eigenvalue weighted by molar-refractivity contribution is 1.25. The van der Waals surface area contributed by atoms with Crippen molar-refractivity contribution in [1.82, 2.24) is 9.97 Å². The molecule has 0 amide bonds. The molecule has 0 bridgehead atoms. The van der Waals surface area contributed by atoms with Crippen LogP contribution in [0, 0.1) is 6.04 Å². The molecule has 0 saturated heterocycles. The van der Waals surface area contributed by atoms with Gasteiger partial charge in [0.25, 0.3) is 0 Å². The van der Waals surface area contributed by atoms with Gasteiger partial charge < -0.3 is 4.98 Å². The van der Waals surface area contributed by atoms with Crippen molar-refractivity contribution in [3.63, 3.8) is 0 Å². The summed E-state index contributed by atoms with van der Waals surface area (Å²) >= 11 is 0. The van der Waals surface area contributed by atoms with Crippen molar-refractivity contribution in [2.75, 3.05) is 0 Å². The number of benzene rings is 5. The normalized spacial score (nSPS) is 13.2. The quantitative estimate of drug-likeness (QED) is 0.240. The third-order valence-electron chi connectivity index (χ3n) is 6.98. The molecule has 6 aromatic rings. The minimum atomic E-state index is 0.707. The first-order valence-corrected chi connectivity index (χ1v) is 13.3. The summed E-state index contributed by atoms with van der Waals surface area (Å²) in [4.78, 5) is 18.6. The number of hydrogen-bond donors (Lipinski definition) is 1. The summed E-state index contributed by atoms with van der Waals surface area (Å²) in [6.45, 7) is 0. The van der Waals surface area contributed by atoms with E-state index in [-0.39, 0.29) is 0 Å². The van der Waals surface area contributed by atoms with Crippen LogP contribution < -0.4 is 0 Å². The standard InChI is InChI=1S/C36H25N4/c1-5-13-25(14-6-1)31-32(26-15-7-2-8-16-26)38-35(37-31)29-21-23-30(24-22-29)36-39-33(27-17-9-3-10-18-27)34(40-36)28-19-11-4-12-20-28/h1-24H,(H,37,38). The van der Waals surface area contributed by atoms with Gasteiger partial charge in [-0.3, -0.25) is 0 Å². The second kappa shape index (κ2) is 10.4. The van der Waals surface area contributed by atoms with Gasteiger partial charge in [0.15, 0.2) is 11.9 Å². The van der Waals surface area contributed by atoms with E-state index in [4.69, 9.17) is 15.0 Å². The zero-order chi connectivity index (χ0) is 26.7. The van der Waals surface area contributed by atoms with Crippen LogP contribution in [0.5, 0.6) is 0 Å². The number of nitrogens with one attached hydrogen (secondary N) is 1. The highest BCUT2D eigenvalue weighted by Crippen LogP contribution is 2.34. The third kappa shape index (κ3) is 4.56. The number of rotatable bonds is 6. The summed E-state index contributed by atoms with van der Waals surface area (Å²) in [6, 6.07) is 50.3. The number of imidazole rings is 1. The lowest BCUT2D eigenvalue weighted by Crippen LogP contribution is -2.09. The van der Waals surface area contributed by atoms with Gasteiger partial charge in [0.05, 0.1) is 17.1 Å². The van der Waals surface area contributed by atoms with Crippen LogP contribution in [0.4, 0.5) is 0 Å². The summed E-state index contributed by atoms with van der Waals surface area (Å²) in [6.07, 6.45) is 0. The molecule has 5 aromatic carbocycles. The van der Waals surface area contributed by atoms with Crippen molar-refractivity contribution >= 4 is 11.5 Å². The number of aromatic nitrogens is 2. The van der Waals surface area contributed by atoms with Crippen molar-refractivity contribution in [1.29, 1.82) is 0 Å². The molecule has 0 spiro atoms. The molecule has 0 atom stereocenters. The van der Waals surface area contributed by atoms with Crippen LogP contribution in [0.2, 0.25) is 0 Å². The largest absolute Gasteiger partial charge is 0.337 e. The average Bonchev–Trinajstić information content (AvgIpc) is 3.69. The van der Waals surface area contributed by atoms with Crippen molar-refractivity contribution in [3.05, 3.63) is 168 Å². The Bertz CT molecular complexity index is 1750. The number of nitrogens with zero attached hydrogens (tertiary/aromatic N) is 3. The Balaban J connectivity index is 1.25. The highest BCUT2D eigenvalue weighted by atomic mass is 15.0. The van der Waals surface area contributed by atoms with Crippen LogP contribution in [0.15, 0.2) is 156 Å². The molecule has 7 rings (SSSR count). The number of hydrogen-bond acceptors (Lipinski definition) is 3. The van der Waals surface area contributed by atoms with E-state index in [9.17, 15) is 0 Å². The van der Waals surface area contributed by atoms with Crippen LogP contribution in [0.25, 0.3) is 33.9 Å². The molecule has 0 fully saturated rings. The lowest BCUT2D eigenvalue weighted by Gasteiger charge is -2.09. The Labute approximate surface area is 233 Å². The van der Waals surface area contributed by atoms with Gasteiger partial charge in [0.2, 0.25) is 0 Å². The molecule has 4 nitrogen and oxygen atoms in total. The summed E-state index contributed by atoms with van der Waals surface area (Å²) < 4.78 is 0. The first-order chi connectivity index (χ1) is 19.8. The predicted molar refractivity (Wildman–Crippen MR) is 163 cm³/mol. The average molecular weight is 514 g/mol. The molecule has 1 aromatic heterocycles. The van der Waals surface area contributed by atoms with Crippen LogP contribution in [0.3, 0.4) is 0 Å². The Kier molecular flexibility index (Phi) is 6.19. The number of aromatic amines is 1. The van der Waals surface area contributed by atoms with E-state index in [1.165, 1.54) is 0 Å². The Morgan fingerprint density at radius 3 is 1.50 bits per heavy atom. The Morgan fingerprint density at radius 2 is 0.900 bits per heavy atom. The van der Waals surface area contributed by atoms with E-state index in [0.29, 0.717) is 5.84 Å². The minimum Gasteiger partial charge on any atom is -0.337 e. The van der Waals surface area contributed by atoms with Crippen LogP contribution in [-0.4, -0.2) is 21.5 Å². The van der Waals surface area contributed by atoms with E-state index >= 15 is 0 Å². The summed E-state index contributed by atoms with van der Waals surface area (Å²) in [5.41, 5.74) is 9.06. The smallest absolute Gasteiger partial charge is 0.165 e. The van der Waals surface area contributed by atoms with Gasteiger partial charge in [-0.05, 0) is 11.1 Å². The van der Waals surface area contributed by atoms with E-state index in [0.717, 1.165) is 62.3 Å². The molecule has 1 aliphatic rings. The maximum absolute atomic E-state index is 5.04. The Morgan fingerprint density at radius 1 is 0.400 bits per heavy atom. The molecule has 0 unspecified atom stereocenters. The molecular formula is C36H25N4. The van der Waals surface area contributed by atoms with E-state index in [2.05, 4.69) is 77.8 Å². The monoisotopic (exact) mass is 513 g/mol. The first-order valence-electron chi connectivity index (χ1n) is 13.3. The van der Waals surface area contributed by atoms with Gasteiger partial charge in [-0.2, -0.15) is 0 Å². The van der Waals surface area contributed by atoms with Crippen LogP contribution in [0.1, 0.15) is 16.7 Å². The van der Waals surface area contributed by atoms with Gasteiger partial charge in [0.1, 0.15) is 5.82 Å². The number of aliphatic imine (C=N–C) groups is 2. The lowest BCUT2D eigenvalue weighted by atomic mass is 9.98. The summed E-state index contributed by atoms with van der Waals surface area (Å²) in [7, 11) is 0. The SMILES string of the molecule is c1ccc([C]2N=C(c3ccc(-c4nc(-c5ccccc5)c(-c5ccccc5)[nH]4)cc3)N=C2c2ccccc2)cc1. The van der Waals surface area contributed by atoms with Gasteiger partial charge in [-0.15, -0.1) is 0 Å². The number of amidine groups is 1. The highest BCUT2D eigenvalue weighted by molar-refractivity contribution is 6.24. The van der Waals surface area contributed by atoms with E-state index in [1.54, 1.807) is 0 Å². The molecule has 0 aliphatic carbocycles. The Hall–Kier alpha value is -5.35. The number of H-pyrrole nitrogens is 1. The fourth-order valence-corrected chi connectivity index (χ4v) is 4.97. The van der Waals surface area contributed by atoms with Gasteiger partial charge in [0, 0.05) is 22.3 Å². The molecular weight excluding hydrogens is 488 g/mol. The van der Waals surface area contributed by atoms with Crippen LogP contribution >= 0.6 is 0 Å². The van der Waals surface area contributed by atoms with E-state index in [1.807, 2.05) is 72.8 Å². The first kappa shape index (κ1) is 23.7. The van der Waals surface area contributed by atoms with Crippen molar-refractivity contribution < 1.29 is 0 Å². The molecule has 1 radical (unpaired) electrons. The van der Waals surface area contributed by atoms with Crippen LogP contribution in [-0.2, 0) is 0 Å². The van der Waals surface area contributed by atoms with Gasteiger partial charge in [-0.1, -0.05) is 146 Å². The molecule has 1 aliphatic heterocycles. The maximum Gasteiger partial charge on any atom is 0.165 e. The zero-order valence-electron chi connectivity index (χ0n) is 21.7. The molecule has 2 heterocycles. The van der Waals surface area contributed by atoms with Crippen molar-refractivity contribution in [3.8, 4) is 33.9 Å². The summed E-state index contributed by atoms with van der Waals surface area (Å²) in [5, 5.41) is 0. The predicted octanol–water partition coefficient (Wildman–Crippen LogP) is 8.24. The highest BCUT2D eigenvalue weighted by Gasteiger charge is 2.27. The van der Waals surface area contributed by atoms with Gasteiger partial charge >= 0.3 is 0 Å². The minimum absolute atomic E-state index is 0.707. The molecule has 189 valence electrons. The van der Waals surface area contributed by atoms with Crippen molar-refractivity contribution in [2.24, 2.45) is 9.98 Å². The van der Waals surface area contributed by atoms with Gasteiger partial charge in [-0.25, -0.2) is 15.0 Å². The topological polar surface area (TPSA) is 53.4 Å². The maximum atomic E-state index is 5.04. The second-order valence-corrected chi connectivity index (χ2v) is 9.59. The molecule has 1 N–H and O–H groups in total. The third-order valence-corrected chi connectivity index (χ3v) is 6.98. The molecule has 4 heteroatoms. The zero-order valence-corrected chi connectivity index (χ0v) is 21.7. The van der Waals surface area contributed by atoms with Crippen molar-refractivity contribution in [2.45, 2.75) is 0 Å².